The lowest BCUT2D eigenvalue weighted by molar-refractivity contribution is -0.145. The van der Waals surface area contributed by atoms with Crippen molar-refractivity contribution in [3.63, 3.8) is 0 Å². The second kappa shape index (κ2) is 9.17. The number of fused-ring (bicyclic) bond motifs is 1. The van der Waals surface area contributed by atoms with Gasteiger partial charge in [0.25, 0.3) is 0 Å². The van der Waals surface area contributed by atoms with Crippen LogP contribution in [0, 0.1) is 11.3 Å². The first-order valence-electron chi connectivity index (χ1n) is 9.21. The number of esters is 1. The number of sulfonamides is 1. The molecule has 0 radical (unpaired) electrons. The van der Waals surface area contributed by atoms with Gasteiger partial charge in [0.05, 0.1) is 22.3 Å². The number of carbonyl (C=O) groups excluding carboxylic acids is 1. The van der Waals surface area contributed by atoms with E-state index in [0.29, 0.717) is 17.8 Å². The Morgan fingerprint density at radius 3 is 2.71 bits per heavy atom. The summed E-state index contributed by atoms with van der Waals surface area (Å²) >= 11 is 0. The summed E-state index contributed by atoms with van der Waals surface area (Å²) in [5.41, 5.74) is 1.41. The van der Waals surface area contributed by atoms with E-state index >= 15 is 0 Å². The van der Waals surface area contributed by atoms with Crippen LogP contribution in [0.3, 0.4) is 0 Å². The van der Waals surface area contributed by atoms with Crippen LogP contribution in [-0.4, -0.2) is 48.4 Å². The monoisotopic (exact) mass is 406 g/mol. The van der Waals surface area contributed by atoms with E-state index in [0.717, 1.165) is 29.2 Å². The number of benzene rings is 1. The third kappa shape index (κ3) is 4.88. The molecule has 2 rings (SSSR count). The Kier molecular flexibility index (Phi) is 7.16. The summed E-state index contributed by atoms with van der Waals surface area (Å²) in [6.45, 7) is 4.33. The molecule has 0 spiro atoms. The molecular weight excluding hydrogens is 380 g/mol. The molecule has 0 amide bonds. The Balaban J connectivity index is 2.36. The molecule has 1 heterocycles. The number of imidazole rings is 1. The number of nitrogens with zero attached hydrogens (tertiary/aromatic N) is 4. The molecule has 0 fully saturated rings. The number of hydrogen-bond donors (Lipinski definition) is 0. The minimum Gasteiger partial charge on any atom is -0.447 e. The fourth-order valence-corrected chi connectivity index (χ4v) is 3.71. The van der Waals surface area contributed by atoms with Crippen molar-refractivity contribution in [2.24, 2.45) is 0 Å². The molecule has 0 bridgehead atoms. The molecule has 8 nitrogen and oxygen atoms in total. The van der Waals surface area contributed by atoms with E-state index < -0.39 is 22.1 Å². The maximum absolute atomic E-state index is 12.4. The van der Waals surface area contributed by atoms with E-state index in [1.165, 1.54) is 21.0 Å². The van der Waals surface area contributed by atoms with Gasteiger partial charge in [-0.05, 0) is 31.5 Å². The predicted octanol–water partition coefficient (Wildman–Crippen LogP) is 2.47. The Labute approximate surface area is 165 Å². The van der Waals surface area contributed by atoms with E-state index in [1.54, 1.807) is 18.2 Å². The zero-order valence-corrected chi connectivity index (χ0v) is 17.5. The maximum atomic E-state index is 12.4. The fraction of sp³-hybridized carbons (Fsp3) is 0.526. The van der Waals surface area contributed by atoms with Crippen molar-refractivity contribution in [3.8, 4) is 6.07 Å². The molecule has 1 atom stereocenters. The van der Waals surface area contributed by atoms with E-state index in [9.17, 15) is 13.2 Å². The van der Waals surface area contributed by atoms with Crippen molar-refractivity contribution >= 4 is 27.0 Å². The molecule has 9 heteroatoms. The summed E-state index contributed by atoms with van der Waals surface area (Å²) in [6, 6.07) is 6.76. The van der Waals surface area contributed by atoms with Crippen LogP contribution in [0.15, 0.2) is 23.1 Å². The van der Waals surface area contributed by atoms with Crippen LogP contribution in [-0.2, 0) is 32.5 Å². The molecule has 0 aliphatic rings. The highest BCUT2D eigenvalue weighted by Gasteiger charge is 2.20. The van der Waals surface area contributed by atoms with E-state index in [-0.39, 0.29) is 11.3 Å². The Morgan fingerprint density at radius 2 is 2.11 bits per heavy atom. The Morgan fingerprint density at radius 1 is 1.39 bits per heavy atom. The first-order valence-corrected chi connectivity index (χ1v) is 10.7. The van der Waals surface area contributed by atoms with Crippen molar-refractivity contribution in [2.45, 2.75) is 57.1 Å². The van der Waals surface area contributed by atoms with Crippen molar-refractivity contribution in [3.05, 3.63) is 24.0 Å². The fourth-order valence-electron chi connectivity index (χ4n) is 2.78. The number of ether oxygens (including phenoxy) is 1. The van der Waals surface area contributed by atoms with E-state index in [1.807, 2.05) is 10.6 Å². The molecule has 0 aliphatic heterocycles. The largest absolute Gasteiger partial charge is 0.447 e. The molecular formula is C19H26N4O4S. The van der Waals surface area contributed by atoms with Gasteiger partial charge in [0.15, 0.2) is 6.10 Å². The minimum absolute atomic E-state index is 0.102. The van der Waals surface area contributed by atoms with Crippen LogP contribution >= 0.6 is 0 Å². The van der Waals surface area contributed by atoms with Crippen LogP contribution in [0.4, 0.5) is 0 Å². The highest BCUT2D eigenvalue weighted by molar-refractivity contribution is 7.89. The van der Waals surface area contributed by atoms with E-state index in [4.69, 9.17) is 10.00 Å². The molecule has 2 aromatic rings. The summed E-state index contributed by atoms with van der Waals surface area (Å²) in [4.78, 5) is 16.6. The second-order valence-electron chi connectivity index (χ2n) is 6.73. The Bertz CT molecular complexity index is 989. The van der Waals surface area contributed by atoms with Crippen LogP contribution in [0.5, 0.6) is 0 Å². The van der Waals surface area contributed by atoms with Gasteiger partial charge >= 0.3 is 5.97 Å². The summed E-state index contributed by atoms with van der Waals surface area (Å²) in [5, 5.41) is 8.74. The normalized spacial score (nSPS) is 12.9. The number of carbonyl (C=O) groups is 1. The van der Waals surface area contributed by atoms with Gasteiger partial charge in [0, 0.05) is 27.1 Å². The molecule has 0 saturated carbocycles. The smallest absolute Gasteiger partial charge is 0.307 e. The number of hydrogen-bond acceptors (Lipinski definition) is 6. The van der Waals surface area contributed by atoms with Crippen LogP contribution < -0.4 is 0 Å². The second-order valence-corrected chi connectivity index (χ2v) is 8.88. The zero-order valence-electron chi connectivity index (χ0n) is 16.7. The van der Waals surface area contributed by atoms with Gasteiger partial charge in [0.2, 0.25) is 10.0 Å². The molecule has 0 N–H and O–H groups in total. The quantitative estimate of drug-likeness (QED) is 0.592. The van der Waals surface area contributed by atoms with Crippen LogP contribution in [0.25, 0.3) is 11.0 Å². The first kappa shape index (κ1) is 21.9. The topological polar surface area (TPSA) is 105 Å². The van der Waals surface area contributed by atoms with Gasteiger partial charge in [-0.1, -0.05) is 13.3 Å². The molecule has 28 heavy (non-hydrogen) atoms. The van der Waals surface area contributed by atoms with Gasteiger partial charge in [-0.3, -0.25) is 4.79 Å². The average Bonchev–Trinajstić information content (AvgIpc) is 3.00. The maximum Gasteiger partial charge on any atom is 0.307 e. The minimum atomic E-state index is -3.55. The third-order valence-corrected chi connectivity index (χ3v) is 6.17. The summed E-state index contributed by atoms with van der Waals surface area (Å²) in [6.07, 6.45) is 1.60. The summed E-state index contributed by atoms with van der Waals surface area (Å²) < 4.78 is 32.9. The summed E-state index contributed by atoms with van der Waals surface area (Å²) in [5.74, 6) is 0.239. The van der Waals surface area contributed by atoms with Crippen molar-refractivity contribution in [1.82, 2.24) is 13.9 Å². The number of nitriles is 1. The van der Waals surface area contributed by atoms with Gasteiger partial charge in [-0.2, -0.15) is 5.26 Å². The molecule has 0 unspecified atom stereocenters. The number of aryl methyl sites for hydroxylation is 2. The third-order valence-electron chi connectivity index (χ3n) is 4.36. The predicted molar refractivity (Wildman–Crippen MR) is 105 cm³/mol. The highest BCUT2D eigenvalue weighted by atomic mass is 32.2. The number of rotatable bonds is 9. The lowest BCUT2D eigenvalue weighted by Gasteiger charge is -2.11. The van der Waals surface area contributed by atoms with Crippen molar-refractivity contribution in [1.29, 1.82) is 5.26 Å². The first-order chi connectivity index (χ1) is 13.2. The van der Waals surface area contributed by atoms with Crippen LogP contribution in [0.1, 0.15) is 38.9 Å². The van der Waals surface area contributed by atoms with Crippen molar-refractivity contribution < 1.29 is 17.9 Å². The summed E-state index contributed by atoms with van der Waals surface area (Å²) in [7, 11) is -0.582. The lowest BCUT2D eigenvalue weighted by atomic mass is 10.2. The number of aromatic nitrogens is 2. The zero-order chi connectivity index (χ0) is 20.9. The molecule has 152 valence electrons. The molecule has 1 aromatic carbocycles. The standard InChI is InChI=1S/C19H26N4O4S/c1-5-6-11-23-17-8-7-15(28(25,26)22(3)4)12-16(17)21-18(23)9-10-19(24)27-14(2)13-20/h7-8,12,14H,5-6,9-11H2,1-4H3/t14-/m1/s1. The van der Waals surface area contributed by atoms with Crippen molar-refractivity contribution in [2.75, 3.05) is 14.1 Å². The highest BCUT2D eigenvalue weighted by Crippen LogP contribution is 2.23. The number of unbranched alkanes of at least 4 members (excludes halogenated alkanes) is 1. The van der Waals surface area contributed by atoms with Gasteiger partial charge in [-0.25, -0.2) is 17.7 Å². The molecule has 0 saturated heterocycles. The van der Waals surface area contributed by atoms with E-state index in [2.05, 4.69) is 11.9 Å². The molecule has 0 aliphatic carbocycles. The van der Waals surface area contributed by atoms with Gasteiger partial charge < -0.3 is 9.30 Å². The molecule has 1 aromatic heterocycles. The van der Waals surface area contributed by atoms with Crippen LogP contribution in [0.2, 0.25) is 0 Å². The van der Waals surface area contributed by atoms with Gasteiger partial charge in [0.1, 0.15) is 11.9 Å². The Hall–Kier alpha value is -2.44. The lowest BCUT2D eigenvalue weighted by Crippen LogP contribution is -2.22. The average molecular weight is 407 g/mol. The SMILES string of the molecule is CCCCn1c(CCC(=O)O[C@H](C)C#N)nc2cc(S(=O)(=O)N(C)C)ccc21. The van der Waals surface area contributed by atoms with Gasteiger partial charge in [-0.15, -0.1) is 0 Å².